The quantitative estimate of drug-likeness (QED) is 0.832. The molecule has 3 N–H and O–H groups in total. The Morgan fingerprint density at radius 3 is 2.74 bits per heavy atom. The Morgan fingerprint density at radius 2 is 2.16 bits per heavy atom. The van der Waals surface area contributed by atoms with Crippen LogP contribution in [0.1, 0.15) is 18.9 Å². The molecular formula is C12H15F3N2O2. The summed E-state index contributed by atoms with van der Waals surface area (Å²) in [7, 11) is 0. The molecule has 1 atom stereocenters. The van der Waals surface area contributed by atoms with E-state index in [4.69, 9.17) is 5.73 Å². The Morgan fingerprint density at radius 1 is 1.47 bits per heavy atom. The molecule has 1 rings (SSSR count). The molecule has 0 aliphatic heterocycles. The Hall–Kier alpha value is -1.76. The van der Waals surface area contributed by atoms with Gasteiger partial charge in [-0.05, 0) is 19.1 Å². The Bertz CT molecular complexity index is 439. The molecule has 4 nitrogen and oxygen atoms in total. The van der Waals surface area contributed by atoms with Crippen LogP contribution in [-0.2, 0) is 11.3 Å². The molecule has 0 aliphatic rings. The molecule has 106 valence electrons. The number of halogens is 3. The smallest absolute Gasteiger partial charge is 0.387 e. The van der Waals surface area contributed by atoms with E-state index < -0.39 is 12.4 Å². The third-order valence-corrected chi connectivity index (χ3v) is 2.26. The maximum absolute atomic E-state index is 13.5. The SMILES string of the molecule is CC(N)CC(=O)NCc1c(F)cccc1OC(F)F. The second-order valence-corrected chi connectivity index (χ2v) is 4.05. The first-order chi connectivity index (χ1) is 8.90. The van der Waals surface area contributed by atoms with Crippen LogP contribution < -0.4 is 15.8 Å². The van der Waals surface area contributed by atoms with Crippen molar-refractivity contribution < 1.29 is 22.7 Å². The van der Waals surface area contributed by atoms with E-state index in [1.165, 1.54) is 12.1 Å². The van der Waals surface area contributed by atoms with Crippen LogP contribution in [0.2, 0.25) is 0 Å². The normalized spacial score (nSPS) is 12.3. The van der Waals surface area contributed by atoms with Gasteiger partial charge in [-0.3, -0.25) is 4.79 Å². The highest BCUT2D eigenvalue weighted by molar-refractivity contribution is 5.76. The molecule has 0 aliphatic carbocycles. The molecule has 7 heteroatoms. The summed E-state index contributed by atoms with van der Waals surface area (Å²) in [5, 5.41) is 2.40. The first kappa shape index (κ1) is 15.3. The van der Waals surface area contributed by atoms with Crippen molar-refractivity contribution in [2.45, 2.75) is 32.5 Å². The van der Waals surface area contributed by atoms with Crippen LogP contribution in [0.15, 0.2) is 18.2 Å². The van der Waals surface area contributed by atoms with Crippen LogP contribution in [0.5, 0.6) is 5.75 Å². The lowest BCUT2D eigenvalue weighted by molar-refractivity contribution is -0.121. The number of ether oxygens (including phenoxy) is 1. The number of nitrogens with one attached hydrogen (secondary N) is 1. The lowest BCUT2D eigenvalue weighted by Gasteiger charge is -2.12. The molecule has 1 aromatic rings. The summed E-state index contributed by atoms with van der Waals surface area (Å²) in [6.07, 6.45) is 0.0689. The second kappa shape index (κ2) is 6.98. The topological polar surface area (TPSA) is 64.4 Å². The van der Waals surface area contributed by atoms with Crippen molar-refractivity contribution >= 4 is 5.91 Å². The fourth-order valence-corrected chi connectivity index (χ4v) is 1.47. The average molecular weight is 276 g/mol. The molecule has 0 aromatic heterocycles. The molecule has 0 saturated carbocycles. The summed E-state index contributed by atoms with van der Waals surface area (Å²) in [4.78, 5) is 11.4. The predicted octanol–water partition coefficient (Wildman–Crippen LogP) is 1.78. The minimum absolute atomic E-state index is 0.0689. The van der Waals surface area contributed by atoms with Crippen LogP contribution in [0.3, 0.4) is 0 Å². The molecule has 0 heterocycles. The summed E-state index contributed by atoms with van der Waals surface area (Å²) in [5.41, 5.74) is 5.30. The van der Waals surface area contributed by atoms with Gasteiger partial charge >= 0.3 is 6.61 Å². The molecule has 0 spiro atoms. The largest absolute Gasteiger partial charge is 0.434 e. The van der Waals surface area contributed by atoms with Gasteiger partial charge in [-0.25, -0.2) is 4.39 Å². The standard InChI is InChI=1S/C12H15F3N2O2/c1-7(16)5-11(18)17-6-8-9(13)3-2-4-10(8)19-12(14)15/h2-4,7,12H,5-6,16H2,1H3,(H,17,18). The van der Waals surface area contributed by atoms with Crippen LogP contribution >= 0.6 is 0 Å². The zero-order valence-electron chi connectivity index (χ0n) is 10.3. The fourth-order valence-electron chi connectivity index (χ4n) is 1.47. The van der Waals surface area contributed by atoms with Crippen molar-refractivity contribution in [2.24, 2.45) is 5.73 Å². The molecule has 1 aromatic carbocycles. The van der Waals surface area contributed by atoms with Gasteiger partial charge < -0.3 is 15.8 Å². The Labute approximate surface area is 108 Å². The van der Waals surface area contributed by atoms with Gasteiger partial charge in [0.2, 0.25) is 5.91 Å². The molecule has 1 amide bonds. The minimum atomic E-state index is -3.06. The lowest BCUT2D eigenvalue weighted by Crippen LogP contribution is -2.30. The Balaban J connectivity index is 2.73. The predicted molar refractivity (Wildman–Crippen MR) is 63.1 cm³/mol. The van der Waals surface area contributed by atoms with Gasteiger partial charge in [0, 0.05) is 24.6 Å². The van der Waals surface area contributed by atoms with Crippen LogP contribution in [0.25, 0.3) is 0 Å². The van der Waals surface area contributed by atoms with Crippen molar-refractivity contribution in [3.63, 3.8) is 0 Å². The highest BCUT2D eigenvalue weighted by atomic mass is 19.3. The number of alkyl halides is 2. The number of amides is 1. The van der Waals surface area contributed by atoms with Crippen molar-refractivity contribution in [1.29, 1.82) is 0 Å². The van der Waals surface area contributed by atoms with Crippen molar-refractivity contribution in [1.82, 2.24) is 5.32 Å². The number of carbonyl (C=O) groups excluding carboxylic acids is 1. The highest BCUT2D eigenvalue weighted by Crippen LogP contribution is 2.23. The maximum Gasteiger partial charge on any atom is 0.387 e. The minimum Gasteiger partial charge on any atom is -0.434 e. The van der Waals surface area contributed by atoms with Crippen LogP contribution in [0, 0.1) is 5.82 Å². The number of rotatable bonds is 6. The fraction of sp³-hybridized carbons (Fsp3) is 0.417. The summed E-state index contributed by atoms with van der Waals surface area (Å²) in [6.45, 7) is -1.64. The molecule has 19 heavy (non-hydrogen) atoms. The van der Waals surface area contributed by atoms with Crippen LogP contribution in [-0.4, -0.2) is 18.6 Å². The van der Waals surface area contributed by atoms with Gasteiger partial charge in [-0.15, -0.1) is 0 Å². The Kier molecular flexibility index (Phi) is 5.62. The molecule has 0 fully saturated rings. The zero-order chi connectivity index (χ0) is 14.4. The maximum atomic E-state index is 13.5. The van der Waals surface area contributed by atoms with Gasteiger partial charge in [0.05, 0.1) is 0 Å². The summed E-state index contributed by atoms with van der Waals surface area (Å²) in [5.74, 6) is -1.41. The van der Waals surface area contributed by atoms with Crippen molar-refractivity contribution in [2.75, 3.05) is 0 Å². The van der Waals surface area contributed by atoms with Crippen LogP contribution in [0.4, 0.5) is 13.2 Å². The third-order valence-electron chi connectivity index (χ3n) is 2.26. The van der Waals surface area contributed by atoms with E-state index in [2.05, 4.69) is 10.1 Å². The number of nitrogens with two attached hydrogens (primary N) is 1. The van der Waals surface area contributed by atoms with Gasteiger partial charge in [-0.1, -0.05) is 6.07 Å². The van der Waals surface area contributed by atoms with Gasteiger partial charge in [-0.2, -0.15) is 8.78 Å². The van der Waals surface area contributed by atoms with E-state index >= 15 is 0 Å². The van der Waals surface area contributed by atoms with Gasteiger partial charge in [0.15, 0.2) is 0 Å². The van der Waals surface area contributed by atoms with Crippen molar-refractivity contribution in [3.05, 3.63) is 29.6 Å². The average Bonchev–Trinajstić information content (AvgIpc) is 2.26. The van der Waals surface area contributed by atoms with E-state index in [0.29, 0.717) is 0 Å². The molecule has 0 bridgehead atoms. The number of hydrogen-bond acceptors (Lipinski definition) is 3. The number of benzene rings is 1. The lowest BCUT2D eigenvalue weighted by atomic mass is 10.1. The van der Waals surface area contributed by atoms with E-state index in [0.717, 1.165) is 6.07 Å². The summed E-state index contributed by atoms with van der Waals surface area (Å²) < 4.78 is 42.0. The second-order valence-electron chi connectivity index (χ2n) is 4.05. The first-order valence-corrected chi connectivity index (χ1v) is 5.64. The van der Waals surface area contributed by atoms with E-state index in [1.54, 1.807) is 6.92 Å². The number of carbonyl (C=O) groups is 1. The molecule has 1 unspecified atom stereocenters. The zero-order valence-corrected chi connectivity index (χ0v) is 10.3. The highest BCUT2D eigenvalue weighted by Gasteiger charge is 2.14. The van der Waals surface area contributed by atoms with Crippen molar-refractivity contribution in [3.8, 4) is 5.75 Å². The third kappa shape index (κ3) is 5.17. The molecular weight excluding hydrogens is 261 g/mol. The number of hydrogen-bond donors (Lipinski definition) is 2. The van der Waals surface area contributed by atoms with E-state index in [-0.39, 0.29) is 36.2 Å². The van der Waals surface area contributed by atoms with E-state index in [9.17, 15) is 18.0 Å². The first-order valence-electron chi connectivity index (χ1n) is 5.64. The van der Waals surface area contributed by atoms with Gasteiger partial charge in [0.25, 0.3) is 0 Å². The van der Waals surface area contributed by atoms with Gasteiger partial charge in [0.1, 0.15) is 11.6 Å². The monoisotopic (exact) mass is 276 g/mol. The summed E-state index contributed by atoms with van der Waals surface area (Å²) in [6, 6.07) is 3.23. The molecule has 0 saturated heterocycles. The molecule has 0 radical (unpaired) electrons. The van der Waals surface area contributed by atoms with E-state index in [1.807, 2.05) is 0 Å². The summed E-state index contributed by atoms with van der Waals surface area (Å²) >= 11 is 0.